The molecular weight excluding hydrogens is 671 g/mol. The van der Waals surface area contributed by atoms with Crippen LogP contribution in [0.1, 0.15) is 149 Å². The van der Waals surface area contributed by atoms with E-state index >= 15 is 0 Å². The topological polar surface area (TPSA) is 131 Å². The van der Waals surface area contributed by atoms with Crippen molar-refractivity contribution >= 4 is 13.7 Å². The number of carbonyl (C=O) groups is 1. The zero-order chi connectivity index (χ0) is 38.2. The first-order valence-corrected chi connectivity index (χ1v) is 21.7. The summed E-state index contributed by atoms with van der Waals surface area (Å²) in [6.45, 7) is 4.00. The van der Waals surface area contributed by atoms with E-state index in [1.165, 1.54) is 44.9 Å². The lowest BCUT2D eigenvalue weighted by molar-refractivity contribution is -0.123. The van der Waals surface area contributed by atoms with Crippen LogP contribution in [0.4, 0.5) is 0 Å². The van der Waals surface area contributed by atoms with Crippen LogP contribution < -0.4 is 11.1 Å². The number of hydrogen-bond donors (Lipinski definition) is 4. The van der Waals surface area contributed by atoms with Crippen LogP contribution in [0.15, 0.2) is 85.1 Å². The summed E-state index contributed by atoms with van der Waals surface area (Å²) < 4.78 is 22.1. The fourth-order valence-electron chi connectivity index (χ4n) is 5.24. The van der Waals surface area contributed by atoms with Gasteiger partial charge in [0.1, 0.15) is 0 Å². The summed E-state index contributed by atoms with van der Waals surface area (Å²) in [7, 11) is -4.33. The number of carbonyl (C=O) groups excluding carboxylic acids is 1. The molecule has 0 fully saturated rings. The molecule has 52 heavy (non-hydrogen) atoms. The standard InChI is InChI=1S/C43H75N2O6P/c1-3-5-7-9-11-13-15-16-17-18-19-20-21-22-23-24-25-26-27-29-31-33-35-37-43(47)45-41(40-51-52(48,49)50-39-38-44)42(46)36-34-32-30-28-14-12-10-8-6-4-2/h5,7,11,13,16-17,19-20,22-23,25-26,29,31,41-42,46H,3-4,6,8-10,12,14-15,18,21,24,27-28,30,32-40,44H2,1-2H3,(H,45,47)(H,48,49)/b7-5-,13-11-,17-16-,20-19-,23-22-,26-25-,31-29-. The minimum absolute atomic E-state index is 0.0747. The first kappa shape index (κ1) is 49.7. The lowest BCUT2D eigenvalue weighted by Crippen LogP contribution is -2.46. The van der Waals surface area contributed by atoms with Crippen molar-refractivity contribution in [2.24, 2.45) is 5.73 Å². The van der Waals surface area contributed by atoms with Gasteiger partial charge < -0.3 is 21.1 Å². The molecule has 0 aliphatic carbocycles. The van der Waals surface area contributed by atoms with E-state index in [4.69, 9.17) is 14.8 Å². The molecule has 0 heterocycles. The Morgan fingerprint density at radius 3 is 1.56 bits per heavy atom. The van der Waals surface area contributed by atoms with Gasteiger partial charge in [-0.1, -0.05) is 163 Å². The molecule has 3 atom stereocenters. The van der Waals surface area contributed by atoms with Crippen molar-refractivity contribution < 1.29 is 28.4 Å². The van der Waals surface area contributed by atoms with Gasteiger partial charge in [-0.2, -0.15) is 0 Å². The first-order chi connectivity index (χ1) is 25.4. The van der Waals surface area contributed by atoms with Crippen LogP contribution in [0, 0.1) is 0 Å². The summed E-state index contributed by atoms with van der Waals surface area (Å²) in [6, 6.07) is -0.809. The maximum Gasteiger partial charge on any atom is 0.472 e. The van der Waals surface area contributed by atoms with Gasteiger partial charge in [0.2, 0.25) is 5.91 Å². The molecule has 3 unspecified atom stereocenters. The average molecular weight is 747 g/mol. The smallest absolute Gasteiger partial charge is 0.391 e. The van der Waals surface area contributed by atoms with Gasteiger partial charge in [-0.3, -0.25) is 13.8 Å². The molecule has 0 aliphatic rings. The van der Waals surface area contributed by atoms with Gasteiger partial charge in [-0.25, -0.2) is 4.57 Å². The Bertz CT molecular complexity index is 1080. The SMILES string of the molecule is CC/C=C\C/C=C\C/C=C\C/C=C\C/C=C\C/C=C\C/C=C\CCCC(=O)NC(COP(=O)(O)OCCN)C(O)CCCCCCCCCCCC. The summed E-state index contributed by atoms with van der Waals surface area (Å²) in [5, 5.41) is 13.7. The highest BCUT2D eigenvalue weighted by Crippen LogP contribution is 2.43. The van der Waals surface area contributed by atoms with Gasteiger partial charge in [-0.15, -0.1) is 0 Å². The van der Waals surface area contributed by atoms with Crippen LogP contribution in [-0.4, -0.2) is 47.8 Å². The van der Waals surface area contributed by atoms with E-state index in [1.54, 1.807) is 0 Å². The van der Waals surface area contributed by atoms with Crippen molar-refractivity contribution in [1.29, 1.82) is 0 Å². The van der Waals surface area contributed by atoms with Gasteiger partial charge in [-0.05, 0) is 64.2 Å². The van der Waals surface area contributed by atoms with E-state index in [9.17, 15) is 19.4 Å². The molecule has 298 valence electrons. The average Bonchev–Trinajstić information content (AvgIpc) is 3.13. The number of nitrogens with two attached hydrogens (primary N) is 1. The summed E-state index contributed by atoms with van der Waals surface area (Å²) in [5.41, 5.74) is 5.36. The Morgan fingerprint density at radius 2 is 1.10 bits per heavy atom. The fraction of sp³-hybridized carbons (Fsp3) is 0.651. The third-order valence-corrected chi connectivity index (χ3v) is 9.25. The van der Waals surface area contributed by atoms with E-state index in [1.807, 2.05) is 0 Å². The van der Waals surface area contributed by atoms with Crippen molar-refractivity contribution in [1.82, 2.24) is 5.32 Å². The Labute approximate surface area is 318 Å². The third kappa shape index (κ3) is 36.1. The maximum absolute atomic E-state index is 12.7. The molecule has 5 N–H and O–H groups in total. The predicted molar refractivity (Wildman–Crippen MR) is 221 cm³/mol. The molecule has 0 aromatic carbocycles. The van der Waals surface area contributed by atoms with Crippen molar-refractivity contribution in [3.8, 4) is 0 Å². The summed E-state index contributed by atoms with van der Waals surface area (Å²) in [6.07, 6.45) is 50.3. The number of phosphoric acid groups is 1. The van der Waals surface area contributed by atoms with Gasteiger partial charge in [0.05, 0.1) is 25.4 Å². The highest BCUT2D eigenvalue weighted by molar-refractivity contribution is 7.47. The number of hydrogen-bond acceptors (Lipinski definition) is 6. The van der Waals surface area contributed by atoms with E-state index < -0.39 is 20.0 Å². The second-order valence-corrected chi connectivity index (χ2v) is 14.6. The van der Waals surface area contributed by atoms with Crippen LogP contribution >= 0.6 is 7.82 Å². The van der Waals surface area contributed by atoms with E-state index in [0.717, 1.165) is 70.6 Å². The van der Waals surface area contributed by atoms with Gasteiger partial charge in [0, 0.05) is 13.0 Å². The lowest BCUT2D eigenvalue weighted by atomic mass is 10.0. The second-order valence-electron chi connectivity index (χ2n) is 13.1. The molecule has 0 bridgehead atoms. The number of allylic oxidation sites excluding steroid dienone is 14. The van der Waals surface area contributed by atoms with Gasteiger partial charge >= 0.3 is 7.82 Å². The maximum atomic E-state index is 12.7. The van der Waals surface area contributed by atoms with Crippen LogP contribution in [0.2, 0.25) is 0 Å². The minimum atomic E-state index is -4.33. The van der Waals surface area contributed by atoms with Crippen molar-refractivity contribution in [2.75, 3.05) is 19.8 Å². The summed E-state index contributed by atoms with van der Waals surface area (Å²) in [5.74, 6) is -0.225. The molecule has 0 aromatic heterocycles. The summed E-state index contributed by atoms with van der Waals surface area (Å²) >= 11 is 0. The molecule has 0 spiro atoms. The molecule has 0 radical (unpaired) electrons. The number of aliphatic hydroxyl groups excluding tert-OH is 1. The van der Waals surface area contributed by atoms with Gasteiger partial charge in [0.15, 0.2) is 0 Å². The zero-order valence-corrected chi connectivity index (χ0v) is 33.7. The molecule has 0 saturated carbocycles. The molecule has 0 rings (SSSR count). The number of rotatable bonds is 36. The molecule has 0 saturated heterocycles. The fourth-order valence-corrected chi connectivity index (χ4v) is 6.00. The van der Waals surface area contributed by atoms with Crippen molar-refractivity contribution in [2.45, 2.75) is 161 Å². The zero-order valence-electron chi connectivity index (χ0n) is 32.8. The van der Waals surface area contributed by atoms with Gasteiger partial charge in [0.25, 0.3) is 0 Å². The van der Waals surface area contributed by atoms with Crippen LogP contribution in [-0.2, 0) is 18.4 Å². The largest absolute Gasteiger partial charge is 0.472 e. The molecule has 0 aliphatic heterocycles. The minimum Gasteiger partial charge on any atom is -0.391 e. The van der Waals surface area contributed by atoms with E-state index in [0.29, 0.717) is 12.8 Å². The van der Waals surface area contributed by atoms with Crippen LogP contribution in [0.5, 0.6) is 0 Å². The molecule has 8 nitrogen and oxygen atoms in total. The van der Waals surface area contributed by atoms with E-state index in [2.05, 4.69) is 104 Å². The number of nitrogens with one attached hydrogen (secondary N) is 1. The predicted octanol–water partition coefficient (Wildman–Crippen LogP) is 11.0. The quantitative estimate of drug-likeness (QED) is 0.0285. The van der Waals surface area contributed by atoms with Crippen LogP contribution in [0.3, 0.4) is 0 Å². The Morgan fingerprint density at radius 1 is 0.654 bits per heavy atom. The van der Waals surface area contributed by atoms with E-state index in [-0.39, 0.29) is 32.1 Å². The van der Waals surface area contributed by atoms with Crippen molar-refractivity contribution in [3.05, 3.63) is 85.1 Å². The monoisotopic (exact) mass is 747 g/mol. The highest BCUT2D eigenvalue weighted by Gasteiger charge is 2.27. The summed E-state index contributed by atoms with van der Waals surface area (Å²) in [4.78, 5) is 22.6. The number of unbranched alkanes of at least 4 members (excludes halogenated alkanes) is 10. The third-order valence-electron chi connectivity index (χ3n) is 8.26. The lowest BCUT2D eigenvalue weighted by Gasteiger charge is -2.25. The Hall–Kier alpha value is -2.32. The Balaban J connectivity index is 4.30. The number of aliphatic hydroxyl groups is 1. The van der Waals surface area contributed by atoms with Crippen molar-refractivity contribution in [3.63, 3.8) is 0 Å². The molecule has 0 aromatic rings. The number of phosphoric ester groups is 1. The highest BCUT2D eigenvalue weighted by atomic mass is 31.2. The first-order valence-electron chi connectivity index (χ1n) is 20.2. The second kappa shape index (κ2) is 38.4. The number of amides is 1. The normalized spacial score (nSPS) is 15.1. The molecule has 1 amide bonds. The molecular formula is C43H75N2O6P. The Kier molecular flexibility index (Phi) is 36.7. The van der Waals surface area contributed by atoms with Crippen LogP contribution in [0.25, 0.3) is 0 Å². The molecule has 9 heteroatoms.